The molecular weight excluding hydrogens is 376 g/mol. The Bertz CT molecular complexity index is 425. The number of carbonyl (C=O) groups excluding carboxylic acids is 2. The summed E-state index contributed by atoms with van der Waals surface area (Å²) in [5, 5.41) is 0. The average molecular weight is 425 g/mol. The molecule has 0 bridgehead atoms. The van der Waals surface area contributed by atoms with Crippen LogP contribution in [0.3, 0.4) is 0 Å². The fraction of sp³-hybridized carbons (Fsp3) is 0.846. The molecule has 0 atom stereocenters. The van der Waals surface area contributed by atoms with E-state index < -0.39 is 11.9 Å². The molecule has 0 N–H and O–H groups in total. The average Bonchev–Trinajstić information content (AvgIpc) is 2.73. The third-order valence-corrected chi connectivity index (χ3v) is 5.35. The molecule has 0 aromatic heterocycles. The molecule has 30 heavy (non-hydrogen) atoms. The Morgan fingerprint density at radius 3 is 1.50 bits per heavy atom. The summed E-state index contributed by atoms with van der Waals surface area (Å²) in [5.74, 6) is -0.923. The van der Waals surface area contributed by atoms with Gasteiger partial charge in [-0.2, -0.15) is 0 Å². The van der Waals surface area contributed by atoms with Crippen LogP contribution in [0.1, 0.15) is 130 Å². The fourth-order valence-electron chi connectivity index (χ4n) is 3.59. The van der Waals surface area contributed by atoms with Crippen LogP contribution in [0.5, 0.6) is 0 Å². The second-order valence-electron chi connectivity index (χ2n) is 8.38. The summed E-state index contributed by atoms with van der Waals surface area (Å²) in [5.41, 5.74) is 0. The molecule has 0 aromatic carbocycles. The lowest BCUT2D eigenvalue weighted by atomic mass is 10.0. The van der Waals surface area contributed by atoms with Crippen molar-refractivity contribution in [3.05, 3.63) is 12.2 Å². The Morgan fingerprint density at radius 2 is 1.03 bits per heavy atom. The van der Waals surface area contributed by atoms with Crippen molar-refractivity contribution in [2.75, 3.05) is 6.61 Å². The van der Waals surface area contributed by atoms with Crippen molar-refractivity contribution < 1.29 is 19.1 Å². The fourth-order valence-corrected chi connectivity index (χ4v) is 3.59. The van der Waals surface area contributed by atoms with Gasteiger partial charge in [0, 0.05) is 12.2 Å². The predicted octanol–water partition coefficient (Wildman–Crippen LogP) is 7.69. The molecule has 0 aliphatic heterocycles. The van der Waals surface area contributed by atoms with Gasteiger partial charge in [-0.05, 0) is 19.3 Å². The van der Waals surface area contributed by atoms with Crippen molar-refractivity contribution >= 4 is 11.9 Å². The minimum atomic E-state index is -0.464. The number of rotatable bonds is 21. The highest BCUT2D eigenvalue weighted by molar-refractivity contribution is 5.91. The molecule has 0 spiro atoms. The minimum absolute atomic E-state index is 0.0565. The zero-order valence-corrected chi connectivity index (χ0v) is 20.1. The van der Waals surface area contributed by atoms with E-state index in [4.69, 9.17) is 9.47 Å². The maximum atomic E-state index is 11.8. The highest BCUT2D eigenvalue weighted by Gasteiger charge is 2.11. The second-order valence-corrected chi connectivity index (χ2v) is 8.38. The Hall–Kier alpha value is -1.32. The first-order valence-electron chi connectivity index (χ1n) is 12.7. The zero-order chi connectivity index (χ0) is 22.3. The van der Waals surface area contributed by atoms with E-state index >= 15 is 0 Å². The third kappa shape index (κ3) is 20.0. The number of esters is 2. The number of hydrogen-bond donors (Lipinski definition) is 0. The van der Waals surface area contributed by atoms with E-state index in [0.29, 0.717) is 6.61 Å². The molecule has 0 aliphatic rings. The van der Waals surface area contributed by atoms with Crippen LogP contribution in [0.2, 0.25) is 0 Å². The van der Waals surface area contributed by atoms with E-state index in [0.717, 1.165) is 38.5 Å². The van der Waals surface area contributed by atoms with Gasteiger partial charge in [-0.25, -0.2) is 9.59 Å². The molecule has 0 fully saturated rings. The van der Waals surface area contributed by atoms with E-state index in [9.17, 15) is 9.59 Å². The molecule has 0 aromatic rings. The van der Waals surface area contributed by atoms with Crippen LogP contribution in [-0.2, 0) is 19.1 Å². The Labute approximate surface area is 186 Å². The Kier molecular flexibility index (Phi) is 21.4. The molecule has 0 radical (unpaired) electrons. The lowest BCUT2D eigenvalue weighted by Gasteiger charge is -2.14. The van der Waals surface area contributed by atoms with Crippen LogP contribution in [0.25, 0.3) is 0 Å². The number of ether oxygens (including phenoxy) is 2. The lowest BCUT2D eigenvalue weighted by Crippen LogP contribution is -2.16. The molecule has 0 unspecified atom stereocenters. The van der Waals surface area contributed by atoms with E-state index in [1.807, 2.05) is 0 Å². The van der Waals surface area contributed by atoms with Gasteiger partial charge >= 0.3 is 11.9 Å². The minimum Gasteiger partial charge on any atom is -0.463 e. The van der Waals surface area contributed by atoms with Gasteiger partial charge in [-0.3, -0.25) is 0 Å². The molecule has 0 heterocycles. The number of hydrogen-bond acceptors (Lipinski definition) is 4. The van der Waals surface area contributed by atoms with Crippen LogP contribution in [0.15, 0.2) is 12.2 Å². The van der Waals surface area contributed by atoms with Gasteiger partial charge in [0.25, 0.3) is 0 Å². The largest absolute Gasteiger partial charge is 0.463 e. The highest BCUT2D eigenvalue weighted by Crippen LogP contribution is 2.12. The summed E-state index contributed by atoms with van der Waals surface area (Å²) in [6, 6.07) is 0. The van der Waals surface area contributed by atoms with Crippen LogP contribution >= 0.6 is 0 Å². The molecule has 176 valence electrons. The number of carbonyl (C=O) groups is 2. The first-order chi connectivity index (χ1) is 14.6. The van der Waals surface area contributed by atoms with Gasteiger partial charge in [0.2, 0.25) is 0 Å². The van der Waals surface area contributed by atoms with Crippen LogP contribution in [0.4, 0.5) is 0 Å². The van der Waals surface area contributed by atoms with Crippen molar-refractivity contribution in [1.29, 1.82) is 0 Å². The molecular formula is C26H48O4. The van der Waals surface area contributed by atoms with E-state index in [2.05, 4.69) is 20.8 Å². The van der Waals surface area contributed by atoms with Crippen LogP contribution in [-0.4, -0.2) is 24.6 Å². The van der Waals surface area contributed by atoms with Gasteiger partial charge < -0.3 is 9.47 Å². The molecule has 4 nitrogen and oxygen atoms in total. The van der Waals surface area contributed by atoms with Crippen LogP contribution in [0, 0.1) is 0 Å². The van der Waals surface area contributed by atoms with E-state index in [1.165, 1.54) is 82.8 Å². The summed E-state index contributed by atoms with van der Waals surface area (Å²) in [7, 11) is 0. The zero-order valence-electron chi connectivity index (χ0n) is 20.1. The highest BCUT2D eigenvalue weighted by atomic mass is 16.5. The normalized spacial score (nSPS) is 11.3. The molecule has 0 saturated heterocycles. The Balaban J connectivity index is 3.54. The molecule has 0 saturated carbocycles. The van der Waals surface area contributed by atoms with Gasteiger partial charge in [-0.15, -0.1) is 0 Å². The van der Waals surface area contributed by atoms with E-state index in [-0.39, 0.29) is 6.10 Å². The molecule has 0 rings (SSSR count). The number of unbranched alkanes of at least 4 members (excludes halogenated alkanes) is 12. The lowest BCUT2D eigenvalue weighted by molar-refractivity contribution is -0.144. The van der Waals surface area contributed by atoms with Crippen molar-refractivity contribution in [3.8, 4) is 0 Å². The van der Waals surface area contributed by atoms with Gasteiger partial charge in [0.1, 0.15) is 6.10 Å². The maximum Gasteiger partial charge on any atom is 0.331 e. The van der Waals surface area contributed by atoms with Gasteiger partial charge in [-0.1, -0.05) is 111 Å². The first kappa shape index (κ1) is 28.7. The summed E-state index contributed by atoms with van der Waals surface area (Å²) in [4.78, 5) is 23.5. The predicted molar refractivity (Wildman–Crippen MR) is 125 cm³/mol. The molecule has 0 amide bonds. The Morgan fingerprint density at radius 1 is 0.600 bits per heavy atom. The van der Waals surface area contributed by atoms with Gasteiger partial charge in [0.05, 0.1) is 6.61 Å². The quantitative estimate of drug-likeness (QED) is 0.108. The third-order valence-electron chi connectivity index (χ3n) is 5.35. The van der Waals surface area contributed by atoms with Crippen molar-refractivity contribution in [3.63, 3.8) is 0 Å². The van der Waals surface area contributed by atoms with Gasteiger partial charge in [0.15, 0.2) is 0 Å². The summed E-state index contributed by atoms with van der Waals surface area (Å²) in [6.07, 6.45) is 22.8. The van der Waals surface area contributed by atoms with Crippen molar-refractivity contribution in [1.82, 2.24) is 0 Å². The standard InChI is InChI=1S/C26H48O4/c1-4-7-8-9-10-11-12-13-14-15-16-17-18-23-29-25(27)21-22-26(28)30-24(19-5-2)20-6-3/h21-22,24H,4-20,23H2,1-3H3/b22-21+. The van der Waals surface area contributed by atoms with E-state index in [1.54, 1.807) is 0 Å². The van der Waals surface area contributed by atoms with Crippen LogP contribution < -0.4 is 0 Å². The summed E-state index contributed by atoms with van der Waals surface area (Å²) < 4.78 is 10.5. The molecule has 4 heteroatoms. The maximum absolute atomic E-state index is 11.8. The second kappa shape index (κ2) is 22.4. The molecule has 0 aliphatic carbocycles. The van der Waals surface area contributed by atoms with Crippen molar-refractivity contribution in [2.24, 2.45) is 0 Å². The SMILES string of the molecule is CCCCCCCCCCCCCCCOC(=O)/C=C/C(=O)OC(CCC)CCC. The summed E-state index contributed by atoms with van der Waals surface area (Å²) in [6.45, 7) is 6.82. The first-order valence-corrected chi connectivity index (χ1v) is 12.7. The summed E-state index contributed by atoms with van der Waals surface area (Å²) >= 11 is 0. The smallest absolute Gasteiger partial charge is 0.331 e. The monoisotopic (exact) mass is 424 g/mol. The topological polar surface area (TPSA) is 52.6 Å². The van der Waals surface area contributed by atoms with Crippen molar-refractivity contribution in [2.45, 2.75) is 136 Å².